The molecule has 0 amide bonds. The predicted molar refractivity (Wildman–Crippen MR) is 143 cm³/mol. The maximum Gasteiger partial charge on any atom is 0.253 e. The normalized spacial score (nSPS) is 15.2. The Morgan fingerprint density at radius 3 is 2.81 bits per heavy atom. The van der Waals surface area contributed by atoms with Gasteiger partial charge in [-0.3, -0.25) is 9.69 Å². The van der Waals surface area contributed by atoms with E-state index in [4.69, 9.17) is 4.42 Å². The lowest BCUT2D eigenvalue weighted by molar-refractivity contribution is 0.178. The Morgan fingerprint density at radius 1 is 1.16 bits per heavy atom. The van der Waals surface area contributed by atoms with Crippen molar-refractivity contribution in [3.8, 4) is 0 Å². The first kappa shape index (κ1) is 23.8. The average molecular weight is 515 g/mol. The van der Waals surface area contributed by atoms with Crippen molar-refractivity contribution in [2.75, 3.05) is 0 Å². The van der Waals surface area contributed by atoms with Gasteiger partial charge in [-0.05, 0) is 82.4 Å². The van der Waals surface area contributed by atoms with Crippen molar-refractivity contribution in [2.45, 2.75) is 64.2 Å². The molecule has 1 unspecified atom stereocenters. The van der Waals surface area contributed by atoms with E-state index in [0.29, 0.717) is 24.5 Å². The van der Waals surface area contributed by atoms with Crippen LogP contribution in [0.5, 0.6) is 0 Å². The fourth-order valence-electron chi connectivity index (χ4n) is 5.43. The molecule has 1 aliphatic rings. The van der Waals surface area contributed by atoms with Gasteiger partial charge in [-0.15, -0.1) is 16.4 Å². The lowest BCUT2D eigenvalue weighted by atomic mass is 10.0. The third-order valence-corrected chi connectivity index (χ3v) is 8.18. The monoisotopic (exact) mass is 514 g/mol. The Hall–Kier alpha value is -3.56. The summed E-state index contributed by atoms with van der Waals surface area (Å²) >= 11 is 1.70. The van der Waals surface area contributed by atoms with Gasteiger partial charge in [-0.1, -0.05) is 31.9 Å². The van der Waals surface area contributed by atoms with Gasteiger partial charge in [0.2, 0.25) is 0 Å². The molecule has 6 rings (SSSR count). The smallest absolute Gasteiger partial charge is 0.253 e. The first-order chi connectivity index (χ1) is 18.2. The largest absolute Gasteiger partial charge is 0.468 e. The number of pyridine rings is 1. The van der Waals surface area contributed by atoms with E-state index in [1.54, 1.807) is 17.6 Å². The first-order valence-corrected chi connectivity index (χ1v) is 13.8. The maximum absolute atomic E-state index is 13.7. The summed E-state index contributed by atoms with van der Waals surface area (Å²) < 4.78 is 7.73. The highest BCUT2D eigenvalue weighted by molar-refractivity contribution is 7.09. The Morgan fingerprint density at radius 2 is 2.05 bits per heavy atom. The maximum atomic E-state index is 13.7. The minimum atomic E-state index is -0.457. The van der Waals surface area contributed by atoms with Crippen LogP contribution < -0.4 is 5.56 Å². The highest BCUT2D eigenvalue weighted by Gasteiger charge is 2.34. The number of aryl methyl sites for hydroxylation is 1. The molecule has 1 N–H and O–H groups in total. The molecule has 0 saturated heterocycles. The van der Waals surface area contributed by atoms with E-state index in [1.165, 1.54) is 10.4 Å². The number of aromatic nitrogens is 5. The van der Waals surface area contributed by atoms with E-state index in [1.807, 2.05) is 28.9 Å². The van der Waals surface area contributed by atoms with Crippen LogP contribution in [0.25, 0.3) is 10.9 Å². The molecule has 37 heavy (non-hydrogen) atoms. The van der Waals surface area contributed by atoms with Gasteiger partial charge in [0.25, 0.3) is 5.56 Å². The number of thiophene rings is 1. The Balaban J connectivity index is 1.53. The average Bonchev–Trinajstić information content (AvgIpc) is 3.73. The summed E-state index contributed by atoms with van der Waals surface area (Å²) in [6, 6.07) is 16.1. The van der Waals surface area contributed by atoms with Crippen LogP contribution in [-0.4, -0.2) is 30.1 Å². The summed E-state index contributed by atoms with van der Waals surface area (Å²) in [5.41, 5.74) is 2.57. The second-order valence-electron chi connectivity index (χ2n) is 9.72. The third-order valence-electron chi connectivity index (χ3n) is 7.32. The SMILES string of the molecule is CCc1ccc2[nH]c(=O)c(C(c3nnnn3C3CCCC3)N(Cc3ccco3)Cc3cccs3)cc2c1. The number of tetrazole rings is 1. The van der Waals surface area contributed by atoms with E-state index in [0.717, 1.165) is 48.8 Å². The summed E-state index contributed by atoms with van der Waals surface area (Å²) in [6.07, 6.45) is 7.03. The third kappa shape index (κ3) is 4.89. The molecule has 1 fully saturated rings. The van der Waals surface area contributed by atoms with Crippen molar-refractivity contribution in [3.63, 3.8) is 0 Å². The van der Waals surface area contributed by atoms with Gasteiger partial charge in [-0.2, -0.15) is 0 Å². The molecule has 4 aromatic heterocycles. The van der Waals surface area contributed by atoms with Crippen LogP contribution in [0.1, 0.15) is 72.3 Å². The van der Waals surface area contributed by atoms with E-state index in [-0.39, 0.29) is 11.6 Å². The zero-order valence-electron chi connectivity index (χ0n) is 20.8. The zero-order chi connectivity index (χ0) is 25.2. The quantitative estimate of drug-likeness (QED) is 0.274. The number of hydrogen-bond acceptors (Lipinski definition) is 7. The summed E-state index contributed by atoms with van der Waals surface area (Å²) in [6.45, 7) is 3.28. The summed E-state index contributed by atoms with van der Waals surface area (Å²) in [7, 11) is 0. The number of aromatic amines is 1. The number of nitrogens with one attached hydrogen (secondary N) is 1. The van der Waals surface area contributed by atoms with E-state index >= 15 is 0 Å². The minimum Gasteiger partial charge on any atom is -0.468 e. The van der Waals surface area contributed by atoms with E-state index in [9.17, 15) is 4.79 Å². The van der Waals surface area contributed by atoms with E-state index in [2.05, 4.69) is 62.0 Å². The van der Waals surface area contributed by atoms with Crippen LogP contribution in [-0.2, 0) is 19.5 Å². The standard InChI is InChI=1S/C28H30N6O2S/c1-2-19-11-12-25-20(15-19)16-24(28(35)29-25)26(27-30-31-32-34(27)21-7-3-4-8-21)33(17-22-9-5-13-36-22)18-23-10-6-14-37-23/h5-6,9-16,21,26H,2-4,7-8,17-18H2,1H3,(H,29,35). The Labute approximate surface area is 218 Å². The highest BCUT2D eigenvalue weighted by atomic mass is 32.1. The van der Waals surface area contributed by atoms with Gasteiger partial charge in [0.15, 0.2) is 5.82 Å². The first-order valence-electron chi connectivity index (χ1n) is 12.9. The number of H-pyrrole nitrogens is 1. The van der Waals surface area contributed by atoms with Crippen molar-refractivity contribution >= 4 is 22.2 Å². The Bertz CT molecular complexity index is 1480. The lowest BCUT2D eigenvalue weighted by Crippen LogP contribution is -2.35. The minimum absolute atomic E-state index is 0.127. The van der Waals surface area contributed by atoms with Gasteiger partial charge in [0, 0.05) is 22.5 Å². The molecule has 0 aliphatic heterocycles. The summed E-state index contributed by atoms with van der Waals surface area (Å²) in [5.74, 6) is 1.53. The lowest BCUT2D eigenvalue weighted by Gasteiger charge is -2.30. The number of rotatable bonds is 9. The molecule has 0 bridgehead atoms. The molecule has 0 spiro atoms. The van der Waals surface area contributed by atoms with Crippen molar-refractivity contribution in [2.24, 2.45) is 0 Å². The van der Waals surface area contributed by atoms with Crippen LogP contribution in [0.15, 0.2) is 69.4 Å². The van der Waals surface area contributed by atoms with Gasteiger partial charge in [0.05, 0.1) is 18.8 Å². The molecule has 5 aromatic rings. The Kier molecular flexibility index (Phi) is 6.72. The van der Waals surface area contributed by atoms with Crippen LogP contribution in [0.4, 0.5) is 0 Å². The van der Waals surface area contributed by atoms with Crippen molar-refractivity contribution in [1.29, 1.82) is 0 Å². The second kappa shape index (κ2) is 10.4. The van der Waals surface area contributed by atoms with Crippen molar-refractivity contribution < 1.29 is 4.42 Å². The number of furan rings is 1. The van der Waals surface area contributed by atoms with Crippen LogP contribution in [0.2, 0.25) is 0 Å². The molecule has 1 aromatic carbocycles. The molecule has 9 heteroatoms. The molecule has 0 radical (unpaired) electrons. The molecule has 1 aliphatic carbocycles. The zero-order valence-corrected chi connectivity index (χ0v) is 21.7. The number of fused-ring (bicyclic) bond motifs is 1. The molecular formula is C28H30N6O2S. The number of hydrogen-bond donors (Lipinski definition) is 1. The van der Waals surface area contributed by atoms with Gasteiger partial charge in [0.1, 0.15) is 11.8 Å². The number of benzene rings is 1. The summed E-state index contributed by atoms with van der Waals surface area (Å²) in [4.78, 5) is 20.3. The fraction of sp³-hybridized carbons (Fsp3) is 0.357. The molecule has 1 saturated carbocycles. The van der Waals surface area contributed by atoms with Crippen molar-refractivity contribution in [1.82, 2.24) is 30.1 Å². The topological polar surface area (TPSA) is 92.8 Å². The van der Waals surface area contributed by atoms with Gasteiger partial charge < -0.3 is 9.40 Å². The predicted octanol–water partition coefficient (Wildman–Crippen LogP) is 5.64. The van der Waals surface area contributed by atoms with Crippen LogP contribution >= 0.6 is 11.3 Å². The molecule has 1 atom stereocenters. The molecule has 8 nitrogen and oxygen atoms in total. The summed E-state index contributed by atoms with van der Waals surface area (Å²) in [5, 5.41) is 16.2. The van der Waals surface area contributed by atoms with Gasteiger partial charge in [-0.25, -0.2) is 4.68 Å². The molecule has 190 valence electrons. The van der Waals surface area contributed by atoms with Crippen LogP contribution in [0.3, 0.4) is 0 Å². The second-order valence-corrected chi connectivity index (χ2v) is 10.7. The highest BCUT2D eigenvalue weighted by Crippen LogP contribution is 2.35. The van der Waals surface area contributed by atoms with E-state index < -0.39 is 6.04 Å². The fourth-order valence-corrected chi connectivity index (χ4v) is 6.16. The van der Waals surface area contributed by atoms with Gasteiger partial charge >= 0.3 is 0 Å². The van der Waals surface area contributed by atoms with Crippen molar-refractivity contribution in [3.05, 3.63) is 98.1 Å². The van der Waals surface area contributed by atoms with Crippen LogP contribution in [0, 0.1) is 0 Å². The molecular weight excluding hydrogens is 484 g/mol. The molecule has 4 heterocycles. The number of nitrogens with zero attached hydrogens (tertiary/aromatic N) is 5.